The lowest BCUT2D eigenvalue weighted by molar-refractivity contribution is 0.355. The summed E-state index contributed by atoms with van der Waals surface area (Å²) < 4.78 is 24.6. The summed E-state index contributed by atoms with van der Waals surface area (Å²) in [5.41, 5.74) is 1.90. The van der Waals surface area contributed by atoms with Crippen LogP contribution in [-0.4, -0.2) is 30.4 Å². The van der Waals surface area contributed by atoms with E-state index in [0.29, 0.717) is 39.3 Å². The number of anilines is 1. The summed E-state index contributed by atoms with van der Waals surface area (Å²) in [5, 5.41) is 13.4. The van der Waals surface area contributed by atoms with Crippen molar-refractivity contribution in [1.82, 2.24) is 9.97 Å². The summed E-state index contributed by atoms with van der Waals surface area (Å²) in [6.45, 7) is 0.192. The van der Waals surface area contributed by atoms with E-state index in [0.717, 1.165) is 0 Å². The second kappa shape index (κ2) is 9.26. The zero-order valence-corrected chi connectivity index (χ0v) is 17.0. The predicted molar refractivity (Wildman–Crippen MR) is 111 cm³/mol. The van der Waals surface area contributed by atoms with Crippen molar-refractivity contribution >= 4 is 17.6 Å². The van der Waals surface area contributed by atoms with Crippen molar-refractivity contribution in [2.75, 3.05) is 25.8 Å². The van der Waals surface area contributed by atoms with Gasteiger partial charge in [0.1, 0.15) is 23.3 Å². The Balaban J connectivity index is 2.05. The van der Waals surface area contributed by atoms with Crippen molar-refractivity contribution in [2.45, 2.75) is 11.7 Å². The molecule has 1 heterocycles. The molecule has 29 heavy (non-hydrogen) atoms. The van der Waals surface area contributed by atoms with Crippen molar-refractivity contribution in [3.63, 3.8) is 0 Å². The number of benzene rings is 2. The molecule has 0 aliphatic carbocycles. The lowest BCUT2D eigenvalue weighted by Crippen LogP contribution is -2.08. The van der Waals surface area contributed by atoms with E-state index in [-0.39, 0.29) is 17.9 Å². The molecular formula is C21H19FN4O2S. The van der Waals surface area contributed by atoms with E-state index < -0.39 is 0 Å². The van der Waals surface area contributed by atoms with E-state index in [1.54, 1.807) is 50.6 Å². The molecule has 0 saturated carbocycles. The molecule has 1 N–H and O–H groups in total. The molecule has 3 rings (SSSR count). The molecule has 3 aromatic rings. The monoisotopic (exact) mass is 410 g/mol. The van der Waals surface area contributed by atoms with Gasteiger partial charge in [0.05, 0.1) is 19.9 Å². The Morgan fingerprint density at radius 2 is 1.86 bits per heavy atom. The van der Waals surface area contributed by atoms with Gasteiger partial charge >= 0.3 is 0 Å². The first-order chi connectivity index (χ1) is 14.1. The molecule has 0 fully saturated rings. The zero-order chi connectivity index (χ0) is 20.8. The number of hydrogen-bond donors (Lipinski definition) is 1. The molecule has 0 atom stereocenters. The van der Waals surface area contributed by atoms with Crippen molar-refractivity contribution in [2.24, 2.45) is 0 Å². The highest BCUT2D eigenvalue weighted by atomic mass is 32.2. The van der Waals surface area contributed by atoms with Gasteiger partial charge in [-0.2, -0.15) is 5.26 Å². The van der Waals surface area contributed by atoms with Crippen LogP contribution in [0.25, 0.3) is 11.3 Å². The zero-order valence-electron chi connectivity index (χ0n) is 16.2. The molecule has 0 saturated heterocycles. The van der Waals surface area contributed by atoms with Crippen LogP contribution in [0.4, 0.5) is 10.2 Å². The van der Waals surface area contributed by atoms with E-state index in [2.05, 4.69) is 21.4 Å². The second-order valence-corrected chi connectivity index (χ2v) is 6.68. The Bertz CT molecular complexity index is 1070. The highest BCUT2D eigenvalue weighted by molar-refractivity contribution is 7.98. The van der Waals surface area contributed by atoms with E-state index in [9.17, 15) is 9.65 Å². The van der Waals surface area contributed by atoms with E-state index in [4.69, 9.17) is 9.47 Å². The number of thioether (sulfide) groups is 1. The number of aromatic nitrogens is 2. The van der Waals surface area contributed by atoms with Gasteiger partial charge in [0.15, 0.2) is 16.7 Å². The Morgan fingerprint density at radius 3 is 2.52 bits per heavy atom. The molecule has 0 radical (unpaired) electrons. The summed E-state index contributed by atoms with van der Waals surface area (Å²) in [4.78, 5) is 8.92. The number of rotatable bonds is 7. The van der Waals surface area contributed by atoms with Gasteiger partial charge in [-0.15, -0.1) is 0 Å². The van der Waals surface area contributed by atoms with Crippen LogP contribution in [-0.2, 0) is 6.54 Å². The normalized spacial score (nSPS) is 10.3. The molecule has 148 valence electrons. The van der Waals surface area contributed by atoms with Gasteiger partial charge in [0.2, 0.25) is 0 Å². The van der Waals surface area contributed by atoms with Crippen molar-refractivity contribution < 1.29 is 13.9 Å². The lowest BCUT2D eigenvalue weighted by atomic mass is 10.1. The van der Waals surface area contributed by atoms with E-state index in [1.807, 2.05) is 6.26 Å². The Morgan fingerprint density at radius 1 is 1.10 bits per heavy atom. The van der Waals surface area contributed by atoms with Gasteiger partial charge in [-0.3, -0.25) is 0 Å². The molecular weight excluding hydrogens is 391 g/mol. The smallest absolute Gasteiger partial charge is 0.189 e. The van der Waals surface area contributed by atoms with Gasteiger partial charge in [0.25, 0.3) is 0 Å². The second-order valence-electron chi connectivity index (χ2n) is 5.91. The van der Waals surface area contributed by atoms with E-state index in [1.165, 1.54) is 17.8 Å². The largest absolute Gasteiger partial charge is 0.493 e. The third-order valence-electron chi connectivity index (χ3n) is 4.24. The van der Waals surface area contributed by atoms with Gasteiger partial charge in [-0.05, 0) is 30.5 Å². The van der Waals surface area contributed by atoms with Gasteiger partial charge in [-0.1, -0.05) is 30.0 Å². The lowest BCUT2D eigenvalue weighted by Gasteiger charge is -2.14. The van der Waals surface area contributed by atoms with Gasteiger partial charge in [0, 0.05) is 17.7 Å². The maximum absolute atomic E-state index is 14.0. The minimum atomic E-state index is -0.322. The molecule has 1 aromatic heterocycles. The van der Waals surface area contributed by atoms with Crippen LogP contribution in [0.15, 0.2) is 47.6 Å². The maximum Gasteiger partial charge on any atom is 0.189 e. The minimum absolute atomic E-state index is 0.192. The third kappa shape index (κ3) is 4.41. The fraction of sp³-hybridized carbons (Fsp3) is 0.190. The average Bonchev–Trinajstić information content (AvgIpc) is 2.77. The molecule has 2 aromatic carbocycles. The summed E-state index contributed by atoms with van der Waals surface area (Å²) in [6.07, 6.45) is 1.85. The van der Waals surface area contributed by atoms with Crippen LogP contribution in [0.2, 0.25) is 0 Å². The Kier molecular flexibility index (Phi) is 6.52. The van der Waals surface area contributed by atoms with Gasteiger partial charge < -0.3 is 14.8 Å². The van der Waals surface area contributed by atoms with Crippen LogP contribution in [0.5, 0.6) is 11.5 Å². The van der Waals surface area contributed by atoms with Gasteiger partial charge in [-0.25, -0.2) is 14.4 Å². The standard InChI is InChI=1S/C21H19FN4O2S/c1-27-17-9-8-13(10-18(17)28-2)19-15(11-23)20(26-21(25-19)29-3)24-12-14-6-4-5-7-16(14)22/h4-10H,12H2,1-3H3,(H,24,25,26). The fourth-order valence-corrected chi connectivity index (χ4v) is 3.14. The van der Waals surface area contributed by atoms with Crippen LogP contribution in [0, 0.1) is 17.1 Å². The third-order valence-corrected chi connectivity index (χ3v) is 4.79. The summed E-state index contributed by atoms with van der Waals surface area (Å²) in [6, 6.07) is 13.9. The fourth-order valence-electron chi connectivity index (χ4n) is 2.78. The summed E-state index contributed by atoms with van der Waals surface area (Å²) >= 11 is 1.35. The molecule has 8 heteroatoms. The van der Waals surface area contributed by atoms with Crippen molar-refractivity contribution in [3.8, 4) is 28.8 Å². The summed E-state index contributed by atoms with van der Waals surface area (Å²) in [5.74, 6) is 1.13. The molecule has 0 unspecified atom stereocenters. The van der Waals surface area contributed by atoms with Crippen LogP contribution in [0.3, 0.4) is 0 Å². The maximum atomic E-state index is 14.0. The first-order valence-corrected chi connectivity index (χ1v) is 9.89. The van der Waals surface area contributed by atoms with Crippen LogP contribution < -0.4 is 14.8 Å². The number of nitrogens with zero attached hydrogens (tertiary/aromatic N) is 3. The number of methoxy groups -OCH3 is 2. The Labute approximate surface area is 172 Å². The number of hydrogen-bond acceptors (Lipinski definition) is 7. The topological polar surface area (TPSA) is 80.1 Å². The van der Waals surface area contributed by atoms with Crippen LogP contribution >= 0.6 is 11.8 Å². The highest BCUT2D eigenvalue weighted by Gasteiger charge is 2.18. The predicted octanol–water partition coefficient (Wildman–Crippen LogP) is 4.51. The summed E-state index contributed by atoms with van der Waals surface area (Å²) in [7, 11) is 3.10. The minimum Gasteiger partial charge on any atom is -0.493 e. The number of nitrogens with one attached hydrogen (secondary N) is 1. The average molecular weight is 410 g/mol. The highest BCUT2D eigenvalue weighted by Crippen LogP contribution is 2.35. The molecule has 0 spiro atoms. The van der Waals surface area contributed by atoms with Crippen molar-refractivity contribution in [1.29, 1.82) is 5.26 Å². The molecule has 0 aliphatic heterocycles. The Hall–Kier alpha value is -3.31. The number of halogens is 1. The first-order valence-electron chi connectivity index (χ1n) is 8.67. The molecule has 6 nitrogen and oxygen atoms in total. The number of ether oxygens (including phenoxy) is 2. The van der Waals surface area contributed by atoms with Crippen molar-refractivity contribution in [3.05, 3.63) is 59.4 Å². The first kappa shape index (κ1) is 20.4. The SMILES string of the molecule is COc1ccc(-c2nc(SC)nc(NCc3ccccc3F)c2C#N)cc1OC. The quantitative estimate of drug-likeness (QED) is 0.453. The van der Waals surface area contributed by atoms with Crippen LogP contribution in [0.1, 0.15) is 11.1 Å². The molecule has 0 bridgehead atoms. The van der Waals surface area contributed by atoms with E-state index >= 15 is 0 Å². The molecule has 0 aliphatic rings. The number of nitriles is 1. The molecule has 0 amide bonds.